The zero-order chi connectivity index (χ0) is 13.8. The van der Waals surface area contributed by atoms with Gasteiger partial charge in [-0.15, -0.1) is 23.7 Å². The van der Waals surface area contributed by atoms with Crippen molar-refractivity contribution >= 4 is 23.7 Å². The van der Waals surface area contributed by atoms with Gasteiger partial charge in [0.1, 0.15) is 0 Å². The Morgan fingerprint density at radius 2 is 2.38 bits per heavy atom. The number of hydrogen-bond acceptors (Lipinski definition) is 5. The number of nitrogens with zero attached hydrogens (tertiary/aromatic N) is 1. The summed E-state index contributed by atoms with van der Waals surface area (Å²) in [5.74, 6) is 0.729. The fourth-order valence-electron chi connectivity index (χ4n) is 3.49. The van der Waals surface area contributed by atoms with Crippen LogP contribution in [0.2, 0.25) is 0 Å². The van der Waals surface area contributed by atoms with Crippen LogP contribution in [0.25, 0.3) is 0 Å². The van der Waals surface area contributed by atoms with E-state index in [0.29, 0.717) is 12.1 Å². The molecule has 1 aromatic rings. The van der Waals surface area contributed by atoms with Crippen LogP contribution < -0.4 is 10.6 Å². The molecule has 3 unspecified atom stereocenters. The fourth-order valence-corrected chi connectivity index (χ4v) is 4.14. The first kappa shape index (κ1) is 17.2. The van der Waals surface area contributed by atoms with Crippen LogP contribution >= 0.6 is 23.7 Å². The first-order valence-electron chi connectivity index (χ1n) is 7.78. The lowest BCUT2D eigenvalue weighted by Crippen LogP contribution is -2.51. The van der Waals surface area contributed by atoms with Gasteiger partial charge >= 0.3 is 0 Å². The highest BCUT2D eigenvalue weighted by Crippen LogP contribution is 2.29. The van der Waals surface area contributed by atoms with Crippen molar-refractivity contribution in [1.29, 1.82) is 0 Å². The molecule has 2 fully saturated rings. The molecule has 0 aromatic carbocycles. The van der Waals surface area contributed by atoms with E-state index in [1.54, 1.807) is 11.3 Å². The summed E-state index contributed by atoms with van der Waals surface area (Å²) < 4.78 is 5.62. The number of nitrogens with one attached hydrogen (secondary N) is 2. The van der Waals surface area contributed by atoms with Crippen LogP contribution in [0, 0.1) is 12.8 Å². The molecule has 2 heterocycles. The Morgan fingerprint density at radius 1 is 1.48 bits per heavy atom. The van der Waals surface area contributed by atoms with Crippen molar-refractivity contribution in [2.45, 2.75) is 44.7 Å². The Balaban J connectivity index is 0.00000161. The van der Waals surface area contributed by atoms with E-state index in [1.807, 2.05) is 0 Å². The van der Waals surface area contributed by atoms with Gasteiger partial charge in [-0.2, -0.15) is 0 Å². The van der Waals surface area contributed by atoms with Crippen molar-refractivity contribution < 1.29 is 4.74 Å². The molecule has 1 aliphatic heterocycles. The Morgan fingerprint density at radius 3 is 3.10 bits per heavy atom. The number of aromatic nitrogens is 1. The van der Waals surface area contributed by atoms with E-state index in [0.717, 1.165) is 38.6 Å². The van der Waals surface area contributed by atoms with Crippen molar-refractivity contribution in [3.63, 3.8) is 0 Å². The number of morpholine rings is 1. The zero-order valence-electron chi connectivity index (χ0n) is 12.6. The number of thiazole rings is 1. The molecule has 1 aliphatic carbocycles. The summed E-state index contributed by atoms with van der Waals surface area (Å²) in [5, 5.41) is 10.7. The molecular weight excluding hydrogens is 306 g/mol. The van der Waals surface area contributed by atoms with Crippen LogP contribution in [-0.4, -0.2) is 43.4 Å². The number of hydrogen-bond donors (Lipinski definition) is 2. The molecule has 3 atom stereocenters. The second kappa shape index (κ2) is 8.44. The predicted octanol–water partition coefficient (Wildman–Crippen LogP) is 2.16. The Labute approximate surface area is 137 Å². The minimum Gasteiger partial charge on any atom is -0.379 e. The van der Waals surface area contributed by atoms with Gasteiger partial charge in [-0.05, 0) is 25.7 Å². The summed E-state index contributed by atoms with van der Waals surface area (Å²) in [7, 11) is 0. The first-order chi connectivity index (χ1) is 9.83. The fraction of sp³-hybridized carbons (Fsp3) is 0.800. The van der Waals surface area contributed by atoms with Gasteiger partial charge in [0.2, 0.25) is 0 Å². The molecule has 0 radical (unpaired) electrons. The smallest absolute Gasteiger partial charge is 0.0897 e. The lowest BCUT2D eigenvalue weighted by atomic mass is 9.94. The van der Waals surface area contributed by atoms with Crippen LogP contribution in [0.4, 0.5) is 0 Å². The monoisotopic (exact) mass is 331 g/mol. The van der Waals surface area contributed by atoms with E-state index >= 15 is 0 Å². The maximum Gasteiger partial charge on any atom is 0.0897 e. The van der Waals surface area contributed by atoms with Crippen molar-refractivity contribution in [2.75, 3.05) is 26.3 Å². The molecule has 2 aliphatic rings. The maximum absolute atomic E-state index is 5.62. The second-order valence-electron chi connectivity index (χ2n) is 5.90. The second-order valence-corrected chi connectivity index (χ2v) is 6.96. The lowest BCUT2D eigenvalue weighted by molar-refractivity contribution is 0.0526. The third-order valence-corrected chi connectivity index (χ3v) is 5.31. The summed E-state index contributed by atoms with van der Waals surface area (Å²) >= 11 is 1.74. The number of aryl methyl sites for hydroxylation is 1. The summed E-state index contributed by atoms with van der Waals surface area (Å²) in [6.07, 6.45) is 5.02. The van der Waals surface area contributed by atoms with Crippen molar-refractivity contribution in [2.24, 2.45) is 5.92 Å². The van der Waals surface area contributed by atoms with Gasteiger partial charge in [0.25, 0.3) is 0 Å². The number of rotatable bonds is 5. The molecule has 4 nitrogen and oxygen atoms in total. The van der Waals surface area contributed by atoms with Crippen molar-refractivity contribution in [3.05, 3.63) is 16.1 Å². The molecule has 3 rings (SSSR count). The lowest BCUT2D eigenvalue weighted by Gasteiger charge is -2.33. The molecule has 0 spiro atoms. The summed E-state index contributed by atoms with van der Waals surface area (Å²) in [4.78, 5) is 4.53. The van der Waals surface area contributed by atoms with Crippen molar-refractivity contribution in [3.8, 4) is 0 Å². The van der Waals surface area contributed by atoms with Gasteiger partial charge < -0.3 is 15.4 Å². The highest BCUT2D eigenvalue weighted by molar-refractivity contribution is 7.09. The third-order valence-electron chi connectivity index (χ3n) is 4.49. The van der Waals surface area contributed by atoms with Gasteiger partial charge in [-0.25, -0.2) is 4.98 Å². The standard InChI is InChI=1S/C15H25N3OS.ClH/c1-11-18-12(10-20-11)5-6-16-14-4-2-3-13(14)15-9-19-8-7-17-15;/h10,13-17H,2-9H2,1H3;1H. The maximum atomic E-state index is 5.62. The van der Waals surface area contributed by atoms with Gasteiger partial charge in [0, 0.05) is 37.0 Å². The highest BCUT2D eigenvalue weighted by Gasteiger charge is 2.34. The molecule has 6 heteroatoms. The van der Waals surface area contributed by atoms with Crippen LogP contribution in [0.15, 0.2) is 5.38 Å². The number of ether oxygens (including phenoxy) is 1. The topological polar surface area (TPSA) is 46.2 Å². The Kier molecular flexibility index (Phi) is 6.89. The van der Waals surface area contributed by atoms with Gasteiger partial charge in [-0.3, -0.25) is 0 Å². The Bertz CT molecular complexity index is 423. The van der Waals surface area contributed by atoms with E-state index in [4.69, 9.17) is 4.74 Å². The first-order valence-corrected chi connectivity index (χ1v) is 8.66. The number of halogens is 1. The highest BCUT2D eigenvalue weighted by atomic mass is 35.5. The van der Waals surface area contributed by atoms with Crippen LogP contribution in [0.3, 0.4) is 0 Å². The molecular formula is C15H26ClN3OS. The van der Waals surface area contributed by atoms with Crippen LogP contribution in [0.1, 0.15) is 30.0 Å². The molecule has 1 saturated carbocycles. The largest absolute Gasteiger partial charge is 0.379 e. The van der Waals surface area contributed by atoms with E-state index in [9.17, 15) is 0 Å². The average molecular weight is 332 g/mol. The molecule has 0 amide bonds. The summed E-state index contributed by atoms with van der Waals surface area (Å²) in [5.41, 5.74) is 1.23. The summed E-state index contributed by atoms with van der Waals surface area (Å²) in [6.45, 7) is 5.87. The Hall–Kier alpha value is -0.200. The average Bonchev–Trinajstić information content (AvgIpc) is 3.09. The van der Waals surface area contributed by atoms with Gasteiger partial charge in [0.05, 0.1) is 23.9 Å². The quantitative estimate of drug-likeness (QED) is 0.868. The predicted molar refractivity (Wildman–Crippen MR) is 89.5 cm³/mol. The molecule has 1 saturated heterocycles. The zero-order valence-corrected chi connectivity index (χ0v) is 14.3. The van der Waals surface area contributed by atoms with Crippen LogP contribution in [-0.2, 0) is 11.2 Å². The molecule has 2 N–H and O–H groups in total. The van der Waals surface area contributed by atoms with E-state index in [2.05, 4.69) is 27.9 Å². The molecule has 120 valence electrons. The van der Waals surface area contributed by atoms with Crippen LogP contribution in [0.5, 0.6) is 0 Å². The van der Waals surface area contributed by atoms with E-state index in [-0.39, 0.29) is 12.4 Å². The van der Waals surface area contributed by atoms with Gasteiger partial charge in [-0.1, -0.05) is 6.42 Å². The van der Waals surface area contributed by atoms with Crippen molar-refractivity contribution in [1.82, 2.24) is 15.6 Å². The normalized spacial score (nSPS) is 29.3. The molecule has 1 aromatic heterocycles. The molecule has 0 bridgehead atoms. The minimum atomic E-state index is 0. The SMILES string of the molecule is Cc1nc(CCNC2CCCC2C2COCCN2)cs1.Cl. The minimum absolute atomic E-state index is 0. The van der Waals surface area contributed by atoms with Gasteiger partial charge in [0.15, 0.2) is 0 Å². The van der Waals surface area contributed by atoms with E-state index in [1.165, 1.54) is 30.0 Å². The summed E-state index contributed by atoms with van der Waals surface area (Å²) in [6, 6.07) is 1.19. The third kappa shape index (κ3) is 4.63. The van der Waals surface area contributed by atoms with E-state index < -0.39 is 0 Å². The molecule has 21 heavy (non-hydrogen) atoms.